The zero-order valence-corrected chi connectivity index (χ0v) is 16.4. The zero-order chi connectivity index (χ0) is 19.9. The number of hydrogen-bond donors (Lipinski definition) is 2. The second-order valence-corrected chi connectivity index (χ2v) is 7.24. The van der Waals surface area contributed by atoms with Gasteiger partial charge in [0.2, 0.25) is 5.91 Å². The Bertz CT molecular complexity index is 879. The number of amides is 1. The third-order valence-corrected chi connectivity index (χ3v) is 4.95. The van der Waals surface area contributed by atoms with Crippen molar-refractivity contribution in [3.63, 3.8) is 0 Å². The Kier molecular flexibility index (Phi) is 7.06. The van der Waals surface area contributed by atoms with Gasteiger partial charge in [0.1, 0.15) is 11.5 Å². The van der Waals surface area contributed by atoms with Gasteiger partial charge in [0, 0.05) is 12.1 Å². The second kappa shape index (κ2) is 9.27. The number of carbonyl (C=O) groups excluding carboxylic acids is 1. The van der Waals surface area contributed by atoms with E-state index in [1.165, 1.54) is 18.2 Å². The molecule has 0 bridgehead atoms. The van der Waals surface area contributed by atoms with Gasteiger partial charge in [-0.25, -0.2) is 8.42 Å². The van der Waals surface area contributed by atoms with Crippen molar-refractivity contribution in [3.05, 3.63) is 42.5 Å². The number of ether oxygens (including phenoxy) is 2. The Balaban J connectivity index is 2.28. The van der Waals surface area contributed by atoms with E-state index in [1.807, 2.05) is 13.8 Å². The monoisotopic (exact) mass is 392 g/mol. The minimum absolute atomic E-state index is 0.0197. The average Bonchev–Trinajstić information content (AvgIpc) is 2.64. The molecule has 2 aromatic carbocycles. The van der Waals surface area contributed by atoms with Gasteiger partial charge in [0.25, 0.3) is 10.0 Å². The van der Waals surface area contributed by atoms with E-state index < -0.39 is 10.0 Å². The molecule has 0 spiro atoms. The molecule has 0 aromatic heterocycles. The third-order valence-electron chi connectivity index (χ3n) is 3.57. The Morgan fingerprint density at radius 2 is 1.63 bits per heavy atom. The molecule has 27 heavy (non-hydrogen) atoms. The first-order valence-corrected chi connectivity index (χ1v) is 10.2. The van der Waals surface area contributed by atoms with Crippen LogP contribution in [-0.2, 0) is 14.8 Å². The molecule has 8 heteroatoms. The Labute approximate surface area is 159 Å². The highest BCUT2D eigenvalue weighted by Crippen LogP contribution is 2.29. The van der Waals surface area contributed by atoms with Crippen LogP contribution in [0.2, 0.25) is 0 Å². The maximum Gasteiger partial charge on any atom is 0.261 e. The van der Waals surface area contributed by atoms with Crippen LogP contribution in [0, 0.1) is 0 Å². The SMILES string of the molecule is CCOc1ccc(NS(=O)(=O)c2ccc(OCC)c(NC(=O)CC)c2)cc1. The molecule has 2 rings (SSSR count). The summed E-state index contributed by atoms with van der Waals surface area (Å²) in [5.74, 6) is 0.843. The van der Waals surface area contributed by atoms with Crippen LogP contribution >= 0.6 is 0 Å². The number of anilines is 2. The molecule has 0 aliphatic heterocycles. The Morgan fingerprint density at radius 1 is 0.963 bits per heavy atom. The predicted molar refractivity (Wildman–Crippen MR) is 105 cm³/mol. The molecule has 0 saturated heterocycles. The lowest BCUT2D eigenvalue weighted by Gasteiger charge is -2.14. The molecule has 0 fully saturated rings. The van der Waals surface area contributed by atoms with E-state index in [2.05, 4.69) is 10.0 Å². The smallest absolute Gasteiger partial charge is 0.261 e. The van der Waals surface area contributed by atoms with Crippen molar-refractivity contribution >= 4 is 27.3 Å². The summed E-state index contributed by atoms with van der Waals surface area (Å²) < 4.78 is 38.7. The summed E-state index contributed by atoms with van der Waals surface area (Å²) in [4.78, 5) is 11.8. The zero-order valence-electron chi connectivity index (χ0n) is 15.6. The highest BCUT2D eigenvalue weighted by Gasteiger charge is 2.18. The average molecular weight is 392 g/mol. The van der Waals surface area contributed by atoms with Crippen molar-refractivity contribution in [2.75, 3.05) is 23.3 Å². The lowest BCUT2D eigenvalue weighted by atomic mass is 10.3. The fourth-order valence-corrected chi connectivity index (χ4v) is 3.38. The molecule has 0 atom stereocenters. The quantitative estimate of drug-likeness (QED) is 0.680. The lowest BCUT2D eigenvalue weighted by molar-refractivity contribution is -0.115. The summed E-state index contributed by atoms with van der Waals surface area (Å²) in [6.45, 7) is 6.32. The van der Waals surface area contributed by atoms with Crippen LogP contribution in [0.25, 0.3) is 0 Å². The van der Waals surface area contributed by atoms with Crippen LogP contribution in [0.1, 0.15) is 27.2 Å². The second-order valence-electron chi connectivity index (χ2n) is 5.56. The van der Waals surface area contributed by atoms with E-state index in [4.69, 9.17) is 9.47 Å². The van der Waals surface area contributed by atoms with Gasteiger partial charge >= 0.3 is 0 Å². The molecule has 146 valence electrons. The molecule has 2 N–H and O–H groups in total. The van der Waals surface area contributed by atoms with E-state index in [0.29, 0.717) is 36.1 Å². The standard InChI is InChI=1S/C19H24N2O5S/c1-4-19(22)20-17-13-16(11-12-18(17)26-6-3)27(23,24)21-14-7-9-15(10-8-14)25-5-2/h7-13,21H,4-6H2,1-3H3,(H,20,22). The van der Waals surface area contributed by atoms with Gasteiger partial charge in [0.05, 0.1) is 23.8 Å². The van der Waals surface area contributed by atoms with Gasteiger partial charge in [-0.15, -0.1) is 0 Å². The molecule has 1 amide bonds. The predicted octanol–water partition coefficient (Wildman–Crippen LogP) is 3.63. The fourth-order valence-electron chi connectivity index (χ4n) is 2.29. The Hall–Kier alpha value is -2.74. The Morgan fingerprint density at radius 3 is 2.22 bits per heavy atom. The van der Waals surface area contributed by atoms with Gasteiger partial charge in [0.15, 0.2) is 0 Å². The first-order chi connectivity index (χ1) is 12.9. The highest BCUT2D eigenvalue weighted by molar-refractivity contribution is 7.92. The van der Waals surface area contributed by atoms with Crippen LogP contribution in [-0.4, -0.2) is 27.5 Å². The topological polar surface area (TPSA) is 93.7 Å². The van der Waals surface area contributed by atoms with Gasteiger partial charge in [-0.3, -0.25) is 9.52 Å². The van der Waals surface area contributed by atoms with Crippen LogP contribution in [0.5, 0.6) is 11.5 Å². The summed E-state index contributed by atoms with van der Waals surface area (Å²) in [6.07, 6.45) is 0.271. The summed E-state index contributed by atoms with van der Waals surface area (Å²) in [5.41, 5.74) is 0.727. The van der Waals surface area contributed by atoms with E-state index in [1.54, 1.807) is 31.2 Å². The highest BCUT2D eigenvalue weighted by atomic mass is 32.2. The molecule has 0 aliphatic rings. The van der Waals surface area contributed by atoms with Crippen LogP contribution in [0.4, 0.5) is 11.4 Å². The van der Waals surface area contributed by atoms with Crippen molar-refractivity contribution in [1.82, 2.24) is 0 Å². The molecule has 2 aromatic rings. The first-order valence-electron chi connectivity index (χ1n) is 8.72. The number of benzene rings is 2. The summed E-state index contributed by atoms with van der Waals surface area (Å²) in [6, 6.07) is 11.0. The minimum Gasteiger partial charge on any atom is -0.494 e. The molecular weight excluding hydrogens is 368 g/mol. The maximum atomic E-state index is 12.7. The summed E-state index contributed by atoms with van der Waals surface area (Å²) >= 11 is 0. The summed E-state index contributed by atoms with van der Waals surface area (Å²) in [7, 11) is -3.83. The fraction of sp³-hybridized carbons (Fsp3) is 0.316. The molecule has 0 radical (unpaired) electrons. The van der Waals surface area contributed by atoms with E-state index in [-0.39, 0.29) is 17.2 Å². The van der Waals surface area contributed by atoms with Crippen molar-refractivity contribution in [2.24, 2.45) is 0 Å². The molecule has 0 aliphatic carbocycles. The number of sulfonamides is 1. The molecule has 0 saturated carbocycles. The molecule has 7 nitrogen and oxygen atoms in total. The van der Waals surface area contributed by atoms with Gasteiger partial charge in [-0.1, -0.05) is 6.92 Å². The molecule has 0 unspecified atom stereocenters. The molecule has 0 heterocycles. The summed E-state index contributed by atoms with van der Waals surface area (Å²) in [5, 5.41) is 2.67. The number of nitrogens with one attached hydrogen (secondary N) is 2. The number of rotatable bonds is 9. The van der Waals surface area contributed by atoms with Crippen molar-refractivity contribution in [2.45, 2.75) is 32.1 Å². The van der Waals surface area contributed by atoms with Crippen molar-refractivity contribution < 1.29 is 22.7 Å². The third kappa shape index (κ3) is 5.62. The van der Waals surface area contributed by atoms with E-state index in [0.717, 1.165) is 0 Å². The van der Waals surface area contributed by atoms with Crippen LogP contribution in [0.15, 0.2) is 47.4 Å². The molecular formula is C19H24N2O5S. The van der Waals surface area contributed by atoms with Gasteiger partial charge in [-0.2, -0.15) is 0 Å². The number of carbonyl (C=O) groups is 1. The van der Waals surface area contributed by atoms with Crippen LogP contribution < -0.4 is 19.5 Å². The minimum atomic E-state index is -3.83. The van der Waals surface area contributed by atoms with Gasteiger partial charge < -0.3 is 14.8 Å². The van der Waals surface area contributed by atoms with E-state index >= 15 is 0 Å². The van der Waals surface area contributed by atoms with Crippen LogP contribution in [0.3, 0.4) is 0 Å². The van der Waals surface area contributed by atoms with Crippen molar-refractivity contribution in [1.29, 1.82) is 0 Å². The maximum absolute atomic E-state index is 12.7. The van der Waals surface area contributed by atoms with Gasteiger partial charge in [-0.05, 0) is 56.3 Å². The lowest BCUT2D eigenvalue weighted by Crippen LogP contribution is -2.15. The largest absolute Gasteiger partial charge is 0.494 e. The normalized spacial score (nSPS) is 10.9. The van der Waals surface area contributed by atoms with E-state index in [9.17, 15) is 13.2 Å². The number of hydrogen-bond acceptors (Lipinski definition) is 5. The first kappa shape index (κ1) is 20.6. The van der Waals surface area contributed by atoms with Crippen molar-refractivity contribution in [3.8, 4) is 11.5 Å².